The number of halogens is 1. The zero-order valence-corrected chi connectivity index (χ0v) is 11.7. The van der Waals surface area contributed by atoms with Crippen molar-refractivity contribution in [1.29, 1.82) is 0 Å². The fourth-order valence-corrected chi connectivity index (χ4v) is 2.47. The van der Waals surface area contributed by atoms with Gasteiger partial charge in [0.15, 0.2) is 0 Å². The first-order valence-electron chi connectivity index (χ1n) is 6.49. The van der Waals surface area contributed by atoms with Crippen LogP contribution in [0.1, 0.15) is 19.3 Å². The molecule has 0 spiro atoms. The van der Waals surface area contributed by atoms with Crippen LogP contribution in [-0.2, 0) is 9.59 Å². The van der Waals surface area contributed by atoms with Crippen LogP contribution in [0, 0.1) is 0 Å². The zero-order chi connectivity index (χ0) is 14.5. The molecular weight excluding hydrogens is 282 g/mol. The van der Waals surface area contributed by atoms with Crippen molar-refractivity contribution in [2.45, 2.75) is 25.3 Å². The average Bonchev–Trinajstić information content (AvgIpc) is 2.90. The standard InChI is InChI=1S/C14H16ClNO4/c15-10-4-1-2-6-12(10)20-9-7-13(17)16-8-3-5-11(16)14(18)19/h1-2,4,6,11H,3,5,7-9H2,(H,18,19)/t11-/m1/s1. The molecule has 5 nitrogen and oxygen atoms in total. The quantitative estimate of drug-likeness (QED) is 0.904. The lowest BCUT2D eigenvalue weighted by atomic mass is 10.2. The number of likely N-dealkylation sites (tertiary alicyclic amines) is 1. The average molecular weight is 298 g/mol. The molecular formula is C14H16ClNO4. The van der Waals surface area contributed by atoms with Gasteiger partial charge in [0.1, 0.15) is 11.8 Å². The lowest BCUT2D eigenvalue weighted by Crippen LogP contribution is -2.40. The lowest BCUT2D eigenvalue weighted by Gasteiger charge is -2.21. The molecule has 1 amide bonds. The van der Waals surface area contributed by atoms with E-state index in [4.69, 9.17) is 21.4 Å². The molecule has 1 fully saturated rings. The van der Waals surface area contributed by atoms with E-state index in [1.54, 1.807) is 24.3 Å². The number of nitrogens with zero attached hydrogens (tertiary/aromatic N) is 1. The number of rotatable bonds is 5. The number of carboxylic acids is 1. The molecule has 20 heavy (non-hydrogen) atoms. The third kappa shape index (κ3) is 3.42. The summed E-state index contributed by atoms with van der Waals surface area (Å²) in [6.45, 7) is 0.688. The third-order valence-electron chi connectivity index (χ3n) is 3.27. The minimum absolute atomic E-state index is 0.148. The second-order valence-electron chi connectivity index (χ2n) is 4.61. The highest BCUT2D eigenvalue weighted by atomic mass is 35.5. The van der Waals surface area contributed by atoms with Crippen LogP contribution in [0.2, 0.25) is 5.02 Å². The summed E-state index contributed by atoms with van der Waals surface area (Å²) in [5.74, 6) is -0.608. The fraction of sp³-hybridized carbons (Fsp3) is 0.429. The van der Waals surface area contributed by atoms with Gasteiger partial charge in [0.05, 0.1) is 18.1 Å². The molecule has 0 radical (unpaired) electrons. The SMILES string of the molecule is O=C(O)[C@H]1CCCN1C(=O)CCOc1ccccc1Cl. The molecule has 2 rings (SSSR count). The number of aliphatic carboxylic acids is 1. The first kappa shape index (κ1) is 14.7. The summed E-state index contributed by atoms with van der Waals surface area (Å²) in [5, 5.41) is 9.52. The Labute approximate surface area is 122 Å². The molecule has 1 aromatic rings. The number of hydrogen-bond donors (Lipinski definition) is 1. The van der Waals surface area contributed by atoms with Crippen LogP contribution in [0.4, 0.5) is 0 Å². The Balaban J connectivity index is 1.84. The summed E-state index contributed by atoms with van der Waals surface area (Å²) in [6, 6.07) is 6.33. The van der Waals surface area contributed by atoms with Gasteiger partial charge < -0.3 is 14.7 Å². The van der Waals surface area contributed by atoms with E-state index in [1.165, 1.54) is 4.90 Å². The Kier molecular flexibility index (Phi) is 4.84. The number of carboxylic acid groups (broad SMARTS) is 1. The molecule has 0 bridgehead atoms. The van der Waals surface area contributed by atoms with Crippen LogP contribution in [0.25, 0.3) is 0 Å². The first-order chi connectivity index (χ1) is 9.59. The van der Waals surface area contributed by atoms with Crippen molar-refractivity contribution in [1.82, 2.24) is 4.90 Å². The molecule has 1 heterocycles. The Hall–Kier alpha value is -1.75. The maximum absolute atomic E-state index is 12.0. The fourth-order valence-electron chi connectivity index (χ4n) is 2.28. The van der Waals surface area contributed by atoms with Crippen molar-refractivity contribution in [3.05, 3.63) is 29.3 Å². The molecule has 1 saturated heterocycles. The second kappa shape index (κ2) is 6.61. The van der Waals surface area contributed by atoms with Crippen LogP contribution in [0.5, 0.6) is 5.75 Å². The number of ether oxygens (including phenoxy) is 1. The monoisotopic (exact) mass is 297 g/mol. The van der Waals surface area contributed by atoms with Gasteiger partial charge in [0, 0.05) is 6.54 Å². The van der Waals surface area contributed by atoms with E-state index in [0.29, 0.717) is 23.7 Å². The van der Waals surface area contributed by atoms with Gasteiger partial charge in [0.2, 0.25) is 5.91 Å². The van der Waals surface area contributed by atoms with E-state index in [2.05, 4.69) is 0 Å². The van der Waals surface area contributed by atoms with E-state index in [9.17, 15) is 9.59 Å². The third-order valence-corrected chi connectivity index (χ3v) is 3.58. The van der Waals surface area contributed by atoms with Gasteiger partial charge in [-0.1, -0.05) is 23.7 Å². The maximum atomic E-state index is 12.0. The lowest BCUT2D eigenvalue weighted by molar-refractivity contribution is -0.148. The van der Waals surface area contributed by atoms with Gasteiger partial charge in [-0.3, -0.25) is 4.79 Å². The Morgan fingerprint density at radius 2 is 2.15 bits per heavy atom. The number of carbonyl (C=O) groups is 2. The summed E-state index contributed by atoms with van der Waals surface area (Å²) in [7, 11) is 0. The van der Waals surface area contributed by atoms with Gasteiger partial charge in [-0.25, -0.2) is 4.79 Å². The molecule has 1 aromatic carbocycles. The molecule has 1 atom stereocenters. The van der Waals surface area contributed by atoms with Crippen LogP contribution in [0.15, 0.2) is 24.3 Å². The van der Waals surface area contributed by atoms with Gasteiger partial charge in [-0.05, 0) is 25.0 Å². The van der Waals surface area contributed by atoms with Gasteiger partial charge in [-0.15, -0.1) is 0 Å². The highest BCUT2D eigenvalue weighted by molar-refractivity contribution is 6.32. The molecule has 6 heteroatoms. The number of amides is 1. The van der Waals surface area contributed by atoms with Crippen LogP contribution >= 0.6 is 11.6 Å². The van der Waals surface area contributed by atoms with Crippen LogP contribution < -0.4 is 4.74 Å². The summed E-state index contributed by atoms with van der Waals surface area (Å²) in [6.07, 6.45) is 1.40. The summed E-state index contributed by atoms with van der Waals surface area (Å²) >= 11 is 5.93. The molecule has 0 unspecified atom stereocenters. The van der Waals surface area contributed by atoms with Crippen molar-refractivity contribution >= 4 is 23.5 Å². The van der Waals surface area contributed by atoms with E-state index in [0.717, 1.165) is 6.42 Å². The van der Waals surface area contributed by atoms with Crippen molar-refractivity contribution in [2.24, 2.45) is 0 Å². The molecule has 0 aromatic heterocycles. The highest BCUT2D eigenvalue weighted by Crippen LogP contribution is 2.23. The van der Waals surface area contributed by atoms with E-state index >= 15 is 0 Å². The van der Waals surface area contributed by atoms with Crippen LogP contribution in [0.3, 0.4) is 0 Å². The Bertz CT molecular complexity index is 506. The first-order valence-corrected chi connectivity index (χ1v) is 6.87. The van der Waals surface area contributed by atoms with E-state index in [1.807, 2.05) is 0 Å². The molecule has 0 saturated carbocycles. The van der Waals surface area contributed by atoms with Gasteiger partial charge in [-0.2, -0.15) is 0 Å². The Morgan fingerprint density at radius 3 is 2.85 bits per heavy atom. The number of carbonyl (C=O) groups excluding carboxylic acids is 1. The highest BCUT2D eigenvalue weighted by Gasteiger charge is 2.33. The normalized spacial score (nSPS) is 18.1. The summed E-state index contributed by atoms with van der Waals surface area (Å²) in [4.78, 5) is 24.4. The minimum atomic E-state index is -0.942. The van der Waals surface area contributed by atoms with Gasteiger partial charge >= 0.3 is 5.97 Å². The predicted octanol–water partition coefficient (Wildman–Crippen LogP) is 2.18. The molecule has 1 N–H and O–H groups in total. The number of para-hydroxylation sites is 1. The minimum Gasteiger partial charge on any atom is -0.491 e. The maximum Gasteiger partial charge on any atom is 0.326 e. The topological polar surface area (TPSA) is 66.8 Å². The van der Waals surface area contributed by atoms with Crippen molar-refractivity contribution < 1.29 is 19.4 Å². The van der Waals surface area contributed by atoms with Crippen molar-refractivity contribution in [2.75, 3.05) is 13.2 Å². The molecule has 1 aliphatic heterocycles. The smallest absolute Gasteiger partial charge is 0.326 e. The van der Waals surface area contributed by atoms with Crippen molar-refractivity contribution in [3.8, 4) is 5.75 Å². The number of benzene rings is 1. The second-order valence-corrected chi connectivity index (χ2v) is 5.02. The predicted molar refractivity (Wildman–Crippen MR) is 73.9 cm³/mol. The van der Waals surface area contributed by atoms with Crippen molar-refractivity contribution in [3.63, 3.8) is 0 Å². The molecule has 108 valence electrons. The summed E-state index contributed by atoms with van der Waals surface area (Å²) < 4.78 is 5.44. The number of hydrogen-bond acceptors (Lipinski definition) is 3. The zero-order valence-electron chi connectivity index (χ0n) is 10.9. The summed E-state index contributed by atoms with van der Waals surface area (Å²) in [5.41, 5.74) is 0. The Morgan fingerprint density at radius 1 is 1.40 bits per heavy atom. The molecule has 1 aliphatic rings. The van der Waals surface area contributed by atoms with Gasteiger partial charge in [0.25, 0.3) is 0 Å². The van der Waals surface area contributed by atoms with E-state index < -0.39 is 12.0 Å². The van der Waals surface area contributed by atoms with Crippen LogP contribution in [-0.4, -0.2) is 41.1 Å². The molecule has 0 aliphatic carbocycles. The largest absolute Gasteiger partial charge is 0.491 e. The van der Waals surface area contributed by atoms with E-state index in [-0.39, 0.29) is 18.9 Å².